The van der Waals surface area contributed by atoms with E-state index in [1.807, 2.05) is 25.2 Å². The number of β-lactam (4-membered cyclic amide) rings is 1. The second-order valence-electron chi connectivity index (χ2n) is 11.7. The number of carbonyl (C=O) groups is 1. The first-order valence-corrected chi connectivity index (χ1v) is 17.3. The summed E-state index contributed by atoms with van der Waals surface area (Å²) in [6, 6.07) is 17.4. The number of benzene rings is 3. The van der Waals surface area contributed by atoms with Gasteiger partial charge in [-0.3, -0.25) is 4.79 Å². The van der Waals surface area contributed by atoms with Gasteiger partial charge in [-0.05, 0) is 96.9 Å². The number of halogens is 3. The van der Waals surface area contributed by atoms with Crippen LogP contribution in [0.5, 0.6) is 5.75 Å². The molecule has 0 saturated carbocycles. The highest BCUT2D eigenvalue weighted by Crippen LogP contribution is 2.51. The lowest BCUT2D eigenvalue weighted by atomic mass is 9.75. The summed E-state index contributed by atoms with van der Waals surface area (Å²) < 4.78 is 27.4. The first-order valence-electron chi connectivity index (χ1n) is 13.3. The number of alkyl halides is 1. The van der Waals surface area contributed by atoms with E-state index in [9.17, 15) is 23.5 Å². The Hall–Kier alpha value is -2.55. The number of rotatable bonds is 10. The van der Waals surface area contributed by atoms with Gasteiger partial charge in [-0.25, -0.2) is 8.78 Å². The third-order valence-corrected chi connectivity index (χ3v) is 12.6. The lowest BCUT2D eigenvalue weighted by molar-refractivity contribution is -0.130. The standard InChI is InChI=1S/C31H36BrF2NO3Si/c1-31(2,39(3,4)38)18-22(21-6-9-23(33)10-7-21)8-16-27-29(26-15-5-20(19-32)17-28(26)36)35(30(27)37)25-13-11-24(34)12-14-25/h5-7,9-15,17,22,27,29,36,38H,8,16,18-19H2,1-4H3/t22-,27?,29-/m1/s1. The Bertz CT molecular complexity index is 1310. The monoisotopic (exact) mass is 615 g/mol. The number of carbonyl (C=O) groups excluding carboxylic acids is 1. The summed E-state index contributed by atoms with van der Waals surface area (Å²) in [6.45, 7) is 8.01. The van der Waals surface area contributed by atoms with Crippen molar-refractivity contribution < 1.29 is 23.5 Å². The highest BCUT2D eigenvalue weighted by atomic mass is 79.9. The fourth-order valence-electron chi connectivity index (χ4n) is 5.37. The molecule has 1 fully saturated rings. The van der Waals surface area contributed by atoms with E-state index in [4.69, 9.17) is 0 Å². The van der Waals surface area contributed by atoms with Crippen LogP contribution in [-0.2, 0) is 10.1 Å². The molecule has 0 aliphatic carbocycles. The lowest BCUT2D eigenvalue weighted by Crippen LogP contribution is -2.55. The number of phenols is 1. The molecule has 0 bridgehead atoms. The van der Waals surface area contributed by atoms with Crippen LogP contribution in [0.4, 0.5) is 14.5 Å². The molecule has 0 radical (unpaired) electrons. The highest BCUT2D eigenvalue weighted by Gasteiger charge is 2.50. The van der Waals surface area contributed by atoms with Gasteiger partial charge in [0.25, 0.3) is 0 Å². The maximum absolute atomic E-state index is 13.7. The summed E-state index contributed by atoms with van der Waals surface area (Å²) in [5, 5.41) is 11.2. The van der Waals surface area contributed by atoms with Crippen LogP contribution in [0.2, 0.25) is 18.1 Å². The zero-order valence-corrected chi connectivity index (χ0v) is 25.4. The highest BCUT2D eigenvalue weighted by molar-refractivity contribution is 9.08. The van der Waals surface area contributed by atoms with Gasteiger partial charge in [0.2, 0.25) is 5.91 Å². The van der Waals surface area contributed by atoms with Gasteiger partial charge in [-0.1, -0.05) is 54.0 Å². The van der Waals surface area contributed by atoms with E-state index in [1.54, 1.807) is 35.2 Å². The van der Waals surface area contributed by atoms with Crippen LogP contribution >= 0.6 is 15.9 Å². The molecule has 0 aromatic heterocycles. The van der Waals surface area contributed by atoms with E-state index < -0.39 is 14.4 Å². The van der Waals surface area contributed by atoms with E-state index in [2.05, 4.69) is 29.8 Å². The van der Waals surface area contributed by atoms with Crippen LogP contribution in [0.25, 0.3) is 0 Å². The van der Waals surface area contributed by atoms with Gasteiger partial charge in [-0.2, -0.15) is 0 Å². The van der Waals surface area contributed by atoms with E-state index in [1.165, 1.54) is 24.3 Å². The van der Waals surface area contributed by atoms with Crippen LogP contribution in [0.15, 0.2) is 66.7 Å². The fraction of sp³-hybridized carbons (Fsp3) is 0.387. The minimum Gasteiger partial charge on any atom is -0.508 e. The number of nitrogens with zero attached hydrogens (tertiary/aromatic N) is 1. The quantitative estimate of drug-likeness (QED) is 0.137. The Kier molecular flexibility index (Phi) is 8.69. The van der Waals surface area contributed by atoms with Crippen molar-refractivity contribution in [3.63, 3.8) is 0 Å². The average molecular weight is 617 g/mol. The Balaban J connectivity index is 1.65. The summed E-state index contributed by atoms with van der Waals surface area (Å²) in [5.41, 5.74) is 3.12. The van der Waals surface area contributed by atoms with Crippen LogP contribution in [0, 0.1) is 17.6 Å². The molecule has 3 aromatic carbocycles. The van der Waals surface area contributed by atoms with E-state index in [-0.39, 0.29) is 40.2 Å². The fourth-order valence-corrected chi connectivity index (χ4v) is 6.46. The Labute approximate surface area is 238 Å². The SMILES string of the molecule is CC(C)(C[C@@H](CCC1C(=O)N(c2ccc(F)cc2)[C@@H]1c1ccc(CBr)cc1O)c1ccc(F)cc1)[Si](C)(C)O. The second kappa shape index (κ2) is 11.5. The second-order valence-corrected chi connectivity index (χ2v) is 16.8. The van der Waals surface area contributed by atoms with Gasteiger partial charge in [0.05, 0.1) is 12.0 Å². The molecule has 39 heavy (non-hydrogen) atoms. The summed E-state index contributed by atoms with van der Waals surface area (Å²) in [4.78, 5) is 26.2. The van der Waals surface area contributed by atoms with Gasteiger partial charge in [0, 0.05) is 16.6 Å². The molecule has 1 aliphatic rings. The summed E-state index contributed by atoms with van der Waals surface area (Å²) in [7, 11) is -2.51. The summed E-state index contributed by atoms with van der Waals surface area (Å²) in [5.74, 6) is -1.03. The summed E-state index contributed by atoms with van der Waals surface area (Å²) in [6.07, 6.45) is 1.91. The Morgan fingerprint density at radius 2 is 1.59 bits per heavy atom. The minimum absolute atomic E-state index is 0.0113. The number of anilines is 1. The number of phenolic OH excluding ortho intramolecular Hbond substituents is 1. The zero-order chi connectivity index (χ0) is 28.5. The molecule has 1 aliphatic heterocycles. The molecule has 8 heteroatoms. The zero-order valence-electron chi connectivity index (χ0n) is 22.8. The summed E-state index contributed by atoms with van der Waals surface area (Å²) >= 11 is 3.42. The van der Waals surface area contributed by atoms with E-state index in [0.29, 0.717) is 35.8 Å². The largest absolute Gasteiger partial charge is 0.508 e. The van der Waals surface area contributed by atoms with Crippen molar-refractivity contribution in [3.05, 3.63) is 95.1 Å². The molecule has 1 unspecified atom stereocenters. The molecule has 3 aromatic rings. The van der Waals surface area contributed by atoms with Crippen molar-refractivity contribution in [1.29, 1.82) is 0 Å². The molecular formula is C31H36BrF2NO3Si. The molecule has 208 valence electrons. The van der Waals surface area contributed by atoms with Crippen LogP contribution in [0.3, 0.4) is 0 Å². The first-order chi connectivity index (χ1) is 18.3. The maximum atomic E-state index is 13.7. The van der Waals surface area contributed by atoms with Gasteiger partial charge in [0.1, 0.15) is 17.4 Å². The molecule has 4 nitrogen and oxygen atoms in total. The molecule has 1 heterocycles. The van der Waals surface area contributed by atoms with Gasteiger partial charge in [0.15, 0.2) is 8.32 Å². The predicted molar refractivity (Wildman–Crippen MR) is 158 cm³/mol. The van der Waals surface area contributed by atoms with Crippen LogP contribution in [0.1, 0.15) is 61.8 Å². The van der Waals surface area contributed by atoms with Gasteiger partial charge < -0.3 is 14.8 Å². The average Bonchev–Trinajstić information content (AvgIpc) is 2.87. The maximum Gasteiger partial charge on any atom is 0.233 e. The van der Waals surface area contributed by atoms with E-state index >= 15 is 0 Å². The lowest BCUT2D eigenvalue weighted by Gasteiger charge is -2.48. The predicted octanol–water partition coefficient (Wildman–Crippen LogP) is 8.20. The van der Waals surface area contributed by atoms with Crippen molar-refractivity contribution in [2.75, 3.05) is 4.90 Å². The number of aromatic hydroxyl groups is 1. The van der Waals surface area contributed by atoms with Crippen molar-refractivity contribution in [2.24, 2.45) is 5.92 Å². The van der Waals surface area contributed by atoms with Crippen molar-refractivity contribution in [3.8, 4) is 5.75 Å². The van der Waals surface area contributed by atoms with E-state index in [0.717, 1.165) is 11.1 Å². The number of amides is 1. The third kappa shape index (κ3) is 6.28. The van der Waals surface area contributed by atoms with Gasteiger partial charge >= 0.3 is 0 Å². The molecule has 1 saturated heterocycles. The Morgan fingerprint density at radius 3 is 2.13 bits per heavy atom. The minimum atomic E-state index is -2.51. The first kappa shape index (κ1) is 29.4. The molecule has 0 spiro atoms. The van der Waals surface area contributed by atoms with Gasteiger partial charge in [-0.15, -0.1) is 0 Å². The van der Waals surface area contributed by atoms with Crippen LogP contribution in [-0.4, -0.2) is 24.1 Å². The number of hydrogen-bond acceptors (Lipinski definition) is 3. The molecule has 1 amide bonds. The third-order valence-electron chi connectivity index (χ3n) is 8.47. The molecule has 4 rings (SSSR count). The van der Waals surface area contributed by atoms with Crippen molar-refractivity contribution in [1.82, 2.24) is 0 Å². The van der Waals surface area contributed by atoms with Crippen molar-refractivity contribution in [2.45, 2.75) is 68.5 Å². The Morgan fingerprint density at radius 1 is 1.00 bits per heavy atom. The van der Waals surface area contributed by atoms with Crippen molar-refractivity contribution >= 4 is 35.8 Å². The topological polar surface area (TPSA) is 60.8 Å². The number of hydrogen-bond donors (Lipinski definition) is 2. The molecule has 3 atom stereocenters. The van der Waals surface area contributed by atoms with Crippen LogP contribution < -0.4 is 4.90 Å². The molecular weight excluding hydrogens is 580 g/mol. The normalized spacial score (nSPS) is 18.7. The molecule has 2 N–H and O–H groups in total. The smallest absolute Gasteiger partial charge is 0.233 e.